The molecular formula is C10H11N5O2S. The molecule has 0 aliphatic carbocycles. The first-order chi connectivity index (χ1) is 8.49. The van der Waals surface area contributed by atoms with Gasteiger partial charge in [-0.2, -0.15) is 0 Å². The van der Waals surface area contributed by atoms with Gasteiger partial charge >= 0.3 is 0 Å². The lowest BCUT2D eigenvalue weighted by molar-refractivity contribution is -0.132. The molecule has 1 saturated heterocycles. The van der Waals surface area contributed by atoms with Gasteiger partial charge in [0.15, 0.2) is 0 Å². The summed E-state index contributed by atoms with van der Waals surface area (Å²) in [5, 5.41) is 2.24. The van der Waals surface area contributed by atoms with E-state index in [2.05, 4.69) is 15.3 Å². The van der Waals surface area contributed by atoms with Gasteiger partial charge in [0.1, 0.15) is 23.3 Å². The van der Waals surface area contributed by atoms with Gasteiger partial charge in [-0.1, -0.05) is 12.2 Å². The summed E-state index contributed by atoms with van der Waals surface area (Å²) in [5.41, 5.74) is 5.88. The molecule has 0 radical (unpaired) electrons. The van der Waals surface area contributed by atoms with Gasteiger partial charge in [0, 0.05) is 6.20 Å². The maximum absolute atomic E-state index is 11.5. The molecule has 1 aliphatic heterocycles. The molecule has 1 unspecified atom stereocenters. The van der Waals surface area contributed by atoms with E-state index in [0.29, 0.717) is 5.69 Å². The molecule has 8 heteroatoms. The van der Waals surface area contributed by atoms with Crippen molar-refractivity contribution in [2.75, 3.05) is 11.4 Å². The first-order valence-electron chi connectivity index (χ1n) is 5.22. The van der Waals surface area contributed by atoms with Crippen LogP contribution in [0, 0.1) is 0 Å². The summed E-state index contributed by atoms with van der Waals surface area (Å²) in [7, 11) is 0. The normalized spacial score (nSPS) is 19.6. The topological polar surface area (TPSA) is 101 Å². The summed E-state index contributed by atoms with van der Waals surface area (Å²) >= 11 is 4.82. The Morgan fingerprint density at radius 3 is 3.00 bits per heavy atom. The molecule has 3 N–H and O–H groups in total. The van der Waals surface area contributed by atoms with E-state index in [4.69, 9.17) is 18.0 Å². The van der Waals surface area contributed by atoms with Gasteiger partial charge < -0.3 is 10.6 Å². The second-order valence-electron chi connectivity index (χ2n) is 3.82. The van der Waals surface area contributed by atoms with Crippen molar-refractivity contribution in [3.8, 4) is 0 Å². The van der Waals surface area contributed by atoms with Gasteiger partial charge in [0.2, 0.25) is 17.8 Å². The summed E-state index contributed by atoms with van der Waals surface area (Å²) in [4.78, 5) is 32.7. The molecule has 2 amide bonds. The lowest BCUT2D eigenvalue weighted by Gasteiger charge is -2.31. The Morgan fingerprint density at radius 1 is 1.61 bits per heavy atom. The van der Waals surface area contributed by atoms with E-state index in [9.17, 15) is 9.59 Å². The van der Waals surface area contributed by atoms with Crippen LogP contribution in [0.4, 0.5) is 5.95 Å². The Hall–Kier alpha value is -2.09. The maximum atomic E-state index is 11.5. The minimum Gasteiger partial charge on any atom is -0.388 e. The predicted molar refractivity (Wildman–Crippen MR) is 67.9 cm³/mol. The smallest absolute Gasteiger partial charge is 0.249 e. The van der Waals surface area contributed by atoms with Crippen LogP contribution < -0.4 is 16.0 Å². The molecule has 1 fully saturated rings. The first-order valence-corrected chi connectivity index (χ1v) is 5.63. The van der Waals surface area contributed by atoms with Crippen LogP contribution in [0.5, 0.6) is 0 Å². The minimum atomic E-state index is -0.524. The molecule has 18 heavy (non-hydrogen) atoms. The number of carbonyl (C=O) groups excluding carboxylic acids is 2. The summed E-state index contributed by atoms with van der Waals surface area (Å²) in [5.74, 6) is -0.506. The molecule has 0 saturated carbocycles. The average molecular weight is 265 g/mol. The largest absolute Gasteiger partial charge is 0.388 e. The molecule has 7 nitrogen and oxygen atoms in total. The monoisotopic (exact) mass is 265 g/mol. The molecular weight excluding hydrogens is 254 g/mol. The Labute approximate surface area is 108 Å². The fourth-order valence-corrected chi connectivity index (χ4v) is 1.70. The van der Waals surface area contributed by atoms with Crippen LogP contribution in [0.3, 0.4) is 0 Å². The second kappa shape index (κ2) is 4.65. The number of aromatic nitrogens is 2. The van der Waals surface area contributed by atoms with Crippen LogP contribution in [-0.2, 0) is 9.59 Å². The highest BCUT2D eigenvalue weighted by Crippen LogP contribution is 2.14. The maximum Gasteiger partial charge on any atom is 0.249 e. The van der Waals surface area contributed by atoms with E-state index < -0.39 is 6.04 Å². The number of carbonyl (C=O) groups is 2. The van der Waals surface area contributed by atoms with E-state index in [0.717, 1.165) is 0 Å². The van der Waals surface area contributed by atoms with Crippen LogP contribution >= 0.6 is 12.2 Å². The third kappa shape index (κ3) is 2.28. The summed E-state index contributed by atoms with van der Waals surface area (Å²) in [6, 6.07) is 1.05. The van der Waals surface area contributed by atoms with Crippen molar-refractivity contribution in [2.24, 2.45) is 5.73 Å². The summed E-state index contributed by atoms with van der Waals surface area (Å²) in [6.07, 6.45) is 1.49. The highest BCUT2D eigenvalue weighted by molar-refractivity contribution is 7.80. The van der Waals surface area contributed by atoms with Gasteiger partial charge in [-0.05, 0) is 13.0 Å². The summed E-state index contributed by atoms with van der Waals surface area (Å²) in [6.45, 7) is 1.69. The molecule has 1 aromatic heterocycles. The molecule has 1 aromatic rings. The SMILES string of the molecule is CC1C(=O)NC(=O)CN1c1nccc(C(N)=S)n1. The highest BCUT2D eigenvalue weighted by atomic mass is 32.1. The van der Waals surface area contributed by atoms with Gasteiger partial charge in [0.05, 0.1) is 0 Å². The van der Waals surface area contributed by atoms with E-state index in [1.54, 1.807) is 13.0 Å². The van der Waals surface area contributed by atoms with Crippen molar-refractivity contribution >= 4 is 35.0 Å². The van der Waals surface area contributed by atoms with Crippen LogP contribution in [0.1, 0.15) is 12.6 Å². The Morgan fingerprint density at radius 2 is 2.33 bits per heavy atom. The van der Waals surface area contributed by atoms with Gasteiger partial charge in [-0.15, -0.1) is 0 Å². The van der Waals surface area contributed by atoms with E-state index in [-0.39, 0.29) is 29.3 Å². The van der Waals surface area contributed by atoms with Crippen molar-refractivity contribution in [2.45, 2.75) is 13.0 Å². The van der Waals surface area contributed by atoms with Crippen LogP contribution in [-0.4, -0.2) is 39.4 Å². The number of nitrogens with one attached hydrogen (secondary N) is 1. The van der Waals surface area contributed by atoms with Crippen LogP contribution in [0.15, 0.2) is 12.3 Å². The van der Waals surface area contributed by atoms with Crippen molar-refractivity contribution < 1.29 is 9.59 Å². The number of nitrogens with zero attached hydrogens (tertiary/aromatic N) is 3. The Kier molecular flexibility index (Phi) is 3.19. The van der Waals surface area contributed by atoms with Crippen LogP contribution in [0.2, 0.25) is 0 Å². The van der Waals surface area contributed by atoms with Crippen molar-refractivity contribution in [1.82, 2.24) is 15.3 Å². The number of thiocarbonyl (C=S) groups is 1. The van der Waals surface area contributed by atoms with Gasteiger partial charge in [-0.3, -0.25) is 14.9 Å². The van der Waals surface area contributed by atoms with Gasteiger partial charge in [0.25, 0.3) is 0 Å². The Balaban J connectivity index is 2.35. The molecule has 2 rings (SSSR count). The number of anilines is 1. The van der Waals surface area contributed by atoms with E-state index in [1.165, 1.54) is 11.1 Å². The lowest BCUT2D eigenvalue weighted by Crippen LogP contribution is -2.57. The average Bonchev–Trinajstić information content (AvgIpc) is 2.34. The Bertz CT molecular complexity index is 533. The zero-order valence-electron chi connectivity index (χ0n) is 9.58. The molecule has 0 spiro atoms. The molecule has 94 valence electrons. The number of hydrogen-bond donors (Lipinski definition) is 2. The zero-order chi connectivity index (χ0) is 13.3. The number of imide groups is 1. The van der Waals surface area contributed by atoms with Crippen molar-refractivity contribution in [3.05, 3.63) is 18.0 Å². The van der Waals surface area contributed by atoms with Gasteiger partial charge in [-0.25, -0.2) is 9.97 Å². The number of hydrogen-bond acceptors (Lipinski definition) is 6. The number of rotatable bonds is 2. The fourth-order valence-electron chi connectivity index (χ4n) is 1.58. The van der Waals surface area contributed by atoms with Crippen molar-refractivity contribution in [1.29, 1.82) is 0 Å². The molecule has 0 aromatic carbocycles. The molecule has 0 bridgehead atoms. The van der Waals surface area contributed by atoms with E-state index >= 15 is 0 Å². The zero-order valence-corrected chi connectivity index (χ0v) is 10.4. The molecule has 1 aliphatic rings. The fraction of sp³-hybridized carbons (Fsp3) is 0.300. The van der Waals surface area contributed by atoms with E-state index in [1.807, 2.05) is 0 Å². The van der Waals surface area contributed by atoms with Crippen molar-refractivity contribution in [3.63, 3.8) is 0 Å². The standard InChI is InChI=1S/C10H11N5O2S/c1-5-9(17)14-7(16)4-15(5)10-12-3-2-6(13-10)8(11)18/h2-3,5H,4H2,1H3,(H2,11,18)(H,14,16,17). The highest BCUT2D eigenvalue weighted by Gasteiger charge is 2.31. The molecule has 1 atom stereocenters. The lowest BCUT2D eigenvalue weighted by atomic mass is 10.2. The number of nitrogens with two attached hydrogens (primary N) is 1. The quantitative estimate of drug-likeness (QED) is 0.520. The number of amides is 2. The third-order valence-corrected chi connectivity index (χ3v) is 2.78. The third-order valence-electron chi connectivity index (χ3n) is 2.58. The second-order valence-corrected chi connectivity index (χ2v) is 4.26. The van der Waals surface area contributed by atoms with Crippen LogP contribution in [0.25, 0.3) is 0 Å². The number of piperazine rings is 1. The molecule has 2 heterocycles. The predicted octanol–water partition coefficient (Wildman–Crippen LogP) is -1.04. The minimum absolute atomic E-state index is 0.0215. The summed E-state index contributed by atoms with van der Waals surface area (Å²) < 4.78 is 0. The first kappa shape index (κ1) is 12.4.